The molecule has 0 radical (unpaired) electrons. The number of nitrogens with one attached hydrogen (secondary N) is 3. The number of esters is 3. The second kappa shape index (κ2) is 22.1. The fourth-order valence-corrected chi connectivity index (χ4v) is 2.91. The number of hydrogen-bond acceptors (Lipinski definition) is 13. The van der Waals surface area contributed by atoms with E-state index < -0.39 is 36.2 Å². The van der Waals surface area contributed by atoms with Crippen molar-refractivity contribution in [2.75, 3.05) is 78.7 Å². The van der Waals surface area contributed by atoms with Crippen molar-refractivity contribution < 1.29 is 43.9 Å². The molecule has 0 saturated heterocycles. The summed E-state index contributed by atoms with van der Waals surface area (Å²) in [6.45, 7) is 18.9. The summed E-state index contributed by atoms with van der Waals surface area (Å²) in [5.74, 6) is -1.66. The molecular weight excluding hydrogens is 524 g/mol. The lowest BCUT2D eigenvalue weighted by Crippen LogP contribution is -2.43. The summed E-state index contributed by atoms with van der Waals surface area (Å²) in [6.07, 6.45) is -2.58. The molecule has 0 aromatic heterocycles. The van der Waals surface area contributed by atoms with Crippen LogP contribution in [0, 0.1) is 0 Å². The Morgan fingerprint density at radius 3 is 1.07 bits per heavy atom. The summed E-state index contributed by atoms with van der Waals surface area (Å²) < 4.78 is 14.8. The second-order valence-corrected chi connectivity index (χ2v) is 9.55. The van der Waals surface area contributed by atoms with Crippen LogP contribution in [0.5, 0.6) is 0 Å². The molecule has 3 atom stereocenters. The van der Waals surface area contributed by atoms with Crippen LogP contribution in [0.1, 0.15) is 20.8 Å². The molecular formula is C27H48N4O9. The van der Waals surface area contributed by atoms with Crippen molar-refractivity contribution in [1.29, 1.82) is 0 Å². The number of rotatable bonds is 24. The van der Waals surface area contributed by atoms with Crippen molar-refractivity contribution in [2.24, 2.45) is 0 Å². The van der Waals surface area contributed by atoms with Crippen LogP contribution >= 0.6 is 0 Å². The Bertz CT molecular complexity index is 717. The van der Waals surface area contributed by atoms with Gasteiger partial charge in [0.25, 0.3) is 0 Å². The fourth-order valence-electron chi connectivity index (χ4n) is 2.91. The quantitative estimate of drug-likeness (QED) is 0.0341. The van der Waals surface area contributed by atoms with Crippen LogP contribution in [-0.4, -0.2) is 135 Å². The van der Waals surface area contributed by atoms with Gasteiger partial charge in [-0.15, -0.1) is 0 Å². The fraction of sp³-hybridized carbons (Fsp3) is 0.667. The first-order valence-corrected chi connectivity index (χ1v) is 13.2. The summed E-state index contributed by atoms with van der Waals surface area (Å²) in [4.78, 5) is 36.4. The Morgan fingerprint density at radius 1 is 0.600 bits per heavy atom. The first-order valence-electron chi connectivity index (χ1n) is 13.2. The van der Waals surface area contributed by atoms with Crippen molar-refractivity contribution in [3.05, 3.63) is 36.5 Å². The summed E-state index contributed by atoms with van der Waals surface area (Å²) in [5, 5.41) is 39.3. The molecule has 0 spiro atoms. The number of nitrogens with zero attached hydrogens (tertiary/aromatic N) is 1. The highest BCUT2D eigenvalue weighted by Crippen LogP contribution is 1.96. The third-order valence-corrected chi connectivity index (χ3v) is 5.22. The van der Waals surface area contributed by atoms with Gasteiger partial charge < -0.3 is 45.5 Å². The summed E-state index contributed by atoms with van der Waals surface area (Å²) >= 11 is 0. The van der Waals surface area contributed by atoms with Crippen LogP contribution in [-0.2, 0) is 28.6 Å². The molecule has 6 N–H and O–H groups in total. The number of hydrogen-bond donors (Lipinski definition) is 6. The Labute approximate surface area is 237 Å². The summed E-state index contributed by atoms with van der Waals surface area (Å²) in [7, 11) is 0. The molecule has 0 fully saturated rings. The van der Waals surface area contributed by atoms with Crippen LogP contribution < -0.4 is 16.0 Å². The van der Waals surface area contributed by atoms with E-state index in [1.807, 2.05) is 0 Å². The maximum absolute atomic E-state index is 11.4. The molecule has 0 heterocycles. The zero-order valence-corrected chi connectivity index (χ0v) is 24.1. The van der Waals surface area contributed by atoms with Gasteiger partial charge >= 0.3 is 17.9 Å². The van der Waals surface area contributed by atoms with Crippen LogP contribution in [0.3, 0.4) is 0 Å². The molecule has 230 valence electrons. The van der Waals surface area contributed by atoms with Gasteiger partial charge in [-0.2, -0.15) is 0 Å². The molecule has 0 aliphatic carbocycles. The van der Waals surface area contributed by atoms with E-state index in [0.29, 0.717) is 39.3 Å². The Kier molecular flexibility index (Phi) is 20.6. The highest BCUT2D eigenvalue weighted by molar-refractivity contribution is 5.87. The standard InChI is InChI=1S/C27H48N4O9/c1-19(2)25(35)38-16-22(32)13-28-7-10-31(11-8-29-14-23(33)17-39-26(36)20(3)4)12-9-30-15-24(34)18-40-27(37)21(5)6/h22-24,28-30,32-34H,1,3,5,7-18H2,2,4,6H3. The zero-order chi connectivity index (χ0) is 30.5. The average Bonchev–Trinajstić information content (AvgIpc) is 2.90. The van der Waals surface area contributed by atoms with Gasteiger partial charge in [0.05, 0.1) is 0 Å². The lowest BCUT2D eigenvalue weighted by atomic mass is 10.3. The Hall–Kier alpha value is -2.65. The number of carbonyl (C=O) groups is 3. The average molecular weight is 573 g/mol. The largest absolute Gasteiger partial charge is 0.460 e. The van der Waals surface area contributed by atoms with Gasteiger partial charge in [-0.3, -0.25) is 4.90 Å². The van der Waals surface area contributed by atoms with E-state index in [1.54, 1.807) is 0 Å². The molecule has 0 bridgehead atoms. The highest BCUT2D eigenvalue weighted by atomic mass is 16.5. The number of aliphatic hydroxyl groups is 3. The minimum absolute atomic E-state index is 0.135. The maximum atomic E-state index is 11.4. The number of carbonyl (C=O) groups excluding carboxylic acids is 3. The maximum Gasteiger partial charge on any atom is 0.333 e. The van der Waals surface area contributed by atoms with Gasteiger partial charge in [-0.25, -0.2) is 14.4 Å². The molecule has 0 saturated carbocycles. The first kappa shape index (κ1) is 37.4. The van der Waals surface area contributed by atoms with Crippen LogP contribution in [0.25, 0.3) is 0 Å². The Balaban J connectivity index is 4.48. The van der Waals surface area contributed by atoms with E-state index in [2.05, 4.69) is 40.6 Å². The second-order valence-electron chi connectivity index (χ2n) is 9.55. The van der Waals surface area contributed by atoms with Crippen LogP contribution in [0.15, 0.2) is 36.5 Å². The minimum atomic E-state index is -0.860. The number of ether oxygens (including phenoxy) is 3. The van der Waals surface area contributed by atoms with Gasteiger partial charge in [-0.05, 0) is 20.8 Å². The predicted octanol–water partition coefficient (Wildman–Crippen LogP) is -1.50. The SMILES string of the molecule is C=C(C)C(=O)OCC(O)CNCCN(CCNCC(O)COC(=O)C(=C)C)CCNCC(O)COC(=O)C(=C)C. The minimum Gasteiger partial charge on any atom is -0.460 e. The highest BCUT2D eigenvalue weighted by Gasteiger charge is 2.13. The van der Waals surface area contributed by atoms with E-state index in [9.17, 15) is 29.7 Å². The van der Waals surface area contributed by atoms with Crippen molar-refractivity contribution in [3.63, 3.8) is 0 Å². The normalized spacial score (nSPS) is 13.3. The molecule has 0 aliphatic heterocycles. The zero-order valence-electron chi connectivity index (χ0n) is 24.1. The van der Waals surface area contributed by atoms with Gasteiger partial charge in [-0.1, -0.05) is 19.7 Å². The molecule has 3 unspecified atom stereocenters. The van der Waals surface area contributed by atoms with E-state index in [0.717, 1.165) is 0 Å². The first-order chi connectivity index (χ1) is 18.8. The van der Waals surface area contributed by atoms with E-state index in [-0.39, 0.29) is 56.2 Å². The molecule has 0 aromatic rings. The molecule has 0 aromatic carbocycles. The van der Waals surface area contributed by atoms with Gasteiger partial charge in [0.15, 0.2) is 0 Å². The van der Waals surface area contributed by atoms with E-state index in [4.69, 9.17) is 14.2 Å². The van der Waals surface area contributed by atoms with Crippen molar-refractivity contribution >= 4 is 17.9 Å². The molecule has 13 nitrogen and oxygen atoms in total. The smallest absolute Gasteiger partial charge is 0.333 e. The Morgan fingerprint density at radius 2 is 0.850 bits per heavy atom. The summed E-state index contributed by atoms with van der Waals surface area (Å²) in [6, 6.07) is 0. The molecule has 0 amide bonds. The predicted molar refractivity (Wildman–Crippen MR) is 150 cm³/mol. The third-order valence-electron chi connectivity index (χ3n) is 5.22. The van der Waals surface area contributed by atoms with Crippen molar-refractivity contribution in [1.82, 2.24) is 20.9 Å². The lowest BCUT2D eigenvalue weighted by Gasteiger charge is -2.24. The van der Waals surface area contributed by atoms with Gasteiger partial charge in [0.1, 0.15) is 38.1 Å². The number of aliphatic hydroxyl groups excluding tert-OH is 3. The topological polar surface area (TPSA) is 179 Å². The van der Waals surface area contributed by atoms with Gasteiger partial charge in [0.2, 0.25) is 0 Å². The third kappa shape index (κ3) is 20.3. The molecule has 0 rings (SSSR count). The molecule has 40 heavy (non-hydrogen) atoms. The van der Waals surface area contributed by atoms with Crippen molar-refractivity contribution in [2.45, 2.75) is 39.1 Å². The van der Waals surface area contributed by atoms with Gasteiger partial charge in [0, 0.05) is 75.6 Å². The molecule has 13 heteroatoms. The molecule has 0 aliphatic rings. The lowest BCUT2D eigenvalue weighted by molar-refractivity contribution is -0.142. The summed E-state index contributed by atoms with van der Waals surface area (Å²) in [5.41, 5.74) is 0.788. The van der Waals surface area contributed by atoms with Crippen LogP contribution in [0.2, 0.25) is 0 Å². The monoisotopic (exact) mass is 572 g/mol. The van der Waals surface area contributed by atoms with E-state index in [1.165, 1.54) is 20.8 Å². The van der Waals surface area contributed by atoms with Crippen LogP contribution in [0.4, 0.5) is 0 Å². The van der Waals surface area contributed by atoms with E-state index >= 15 is 0 Å². The van der Waals surface area contributed by atoms with Crippen molar-refractivity contribution in [3.8, 4) is 0 Å².